The summed E-state index contributed by atoms with van der Waals surface area (Å²) in [7, 11) is 0. The minimum Gasteiger partial charge on any atom is -0.372 e. The van der Waals surface area contributed by atoms with E-state index in [0.29, 0.717) is 5.92 Å². The van der Waals surface area contributed by atoms with Gasteiger partial charge < -0.3 is 10.6 Å². The standard InChI is InChI=1S/C13H18N2O/c1-4-10-13(16)15-12-7-9(8(2)3)5-6-11(12)14-10/h5-8,10,14H,4H2,1-3H3,(H,15,16). The summed E-state index contributed by atoms with van der Waals surface area (Å²) < 4.78 is 0. The van der Waals surface area contributed by atoms with Crippen molar-refractivity contribution < 1.29 is 4.79 Å². The Labute approximate surface area is 96.2 Å². The molecule has 3 heteroatoms. The summed E-state index contributed by atoms with van der Waals surface area (Å²) in [6.45, 7) is 6.30. The van der Waals surface area contributed by atoms with E-state index in [0.717, 1.165) is 17.8 Å². The molecule has 3 nitrogen and oxygen atoms in total. The van der Waals surface area contributed by atoms with Crippen LogP contribution in [0.25, 0.3) is 0 Å². The Kier molecular flexibility index (Phi) is 2.86. The van der Waals surface area contributed by atoms with Crippen molar-refractivity contribution in [2.24, 2.45) is 0 Å². The molecule has 1 atom stereocenters. The number of nitrogens with one attached hydrogen (secondary N) is 2. The van der Waals surface area contributed by atoms with E-state index in [2.05, 4.69) is 36.6 Å². The fourth-order valence-electron chi connectivity index (χ4n) is 1.91. The smallest absolute Gasteiger partial charge is 0.246 e. The van der Waals surface area contributed by atoms with Gasteiger partial charge in [-0.25, -0.2) is 0 Å². The largest absolute Gasteiger partial charge is 0.372 e. The third-order valence-corrected chi connectivity index (χ3v) is 3.02. The van der Waals surface area contributed by atoms with E-state index in [9.17, 15) is 4.79 Å². The van der Waals surface area contributed by atoms with E-state index in [1.54, 1.807) is 0 Å². The quantitative estimate of drug-likeness (QED) is 0.801. The van der Waals surface area contributed by atoms with Gasteiger partial charge in [0.1, 0.15) is 6.04 Å². The van der Waals surface area contributed by atoms with Crippen molar-refractivity contribution in [1.82, 2.24) is 0 Å². The molecule has 0 fully saturated rings. The van der Waals surface area contributed by atoms with Crippen LogP contribution in [-0.4, -0.2) is 11.9 Å². The minimum absolute atomic E-state index is 0.0657. The number of benzene rings is 1. The highest BCUT2D eigenvalue weighted by molar-refractivity contribution is 6.03. The van der Waals surface area contributed by atoms with E-state index in [4.69, 9.17) is 0 Å². The van der Waals surface area contributed by atoms with Gasteiger partial charge in [0.15, 0.2) is 0 Å². The van der Waals surface area contributed by atoms with Crippen LogP contribution in [0.3, 0.4) is 0 Å². The van der Waals surface area contributed by atoms with Gasteiger partial charge in [-0.1, -0.05) is 26.8 Å². The monoisotopic (exact) mass is 218 g/mol. The van der Waals surface area contributed by atoms with E-state index >= 15 is 0 Å². The van der Waals surface area contributed by atoms with Crippen LogP contribution in [0.15, 0.2) is 18.2 Å². The number of amides is 1. The Hall–Kier alpha value is -1.51. The minimum atomic E-state index is -0.0996. The fourth-order valence-corrected chi connectivity index (χ4v) is 1.91. The first-order chi connectivity index (χ1) is 7.61. The molecule has 0 aromatic heterocycles. The van der Waals surface area contributed by atoms with Gasteiger partial charge in [0.05, 0.1) is 11.4 Å². The summed E-state index contributed by atoms with van der Waals surface area (Å²) in [6, 6.07) is 6.11. The van der Waals surface area contributed by atoms with Crippen LogP contribution in [-0.2, 0) is 4.79 Å². The van der Waals surface area contributed by atoms with Crippen LogP contribution in [0.5, 0.6) is 0 Å². The molecule has 0 spiro atoms. The molecule has 16 heavy (non-hydrogen) atoms. The van der Waals surface area contributed by atoms with Gasteiger partial charge in [0, 0.05) is 0 Å². The van der Waals surface area contributed by atoms with Gasteiger partial charge >= 0.3 is 0 Å². The zero-order valence-corrected chi connectivity index (χ0v) is 10.0. The predicted molar refractivity (Wildman–Crippen MR) is 66.9 cm³/mol. The molecule has 1 amide bonds. The molecule has 0 radical (unpaired) electrons. The average Bonchev–Trinajstić information content (AvgIpc) is 2.27. The van der Waals surface area contributed by atoms with Crippen LogP contribution in [0.4, 0.5) is 11.4 Å². The van der Waals surface area contributed by atoms with Crippen molar-refractivity contribution in [1.29, 1.82) is 0 Å². The van der Waals surface area contributed by atoms with Crippen LogP contribution in [0.2, 0.25) is 0 Å². The maximum Gasteiger partial charge on any atom is 0.246 e. The highest BCUT2D eigenvalue weighted by Gasteiger charge is 2.23. The number of carbonyl (C=O) groups excluding carboxylic acids is 1. The molecule has 86 valence electrons. The van der Waals surface area contributed by atoms with Crippen molar-refractivity contribution in [3.05, 3.63) is 23.8 Å². The van der Waals surface area contributed by atoms with Crippen LogP contribution < -0.4 is 10.6 Å². The van der Waals surface area contributed by atoms with Crippen molar-refractivity contribution in [2.75, 3.05) is 10.6 Å². The first-order valence-corrected chi connectivity index (χ1v) is 5.83. The van der Waals surface area contributed by atoms with Crippen molar-refractivity contribution >= 4 is 17.3 Å². The highest BCUT2D eigenvalue weighted by Crippen LogP contribution is 2.30. The molecule has 0 aliphatic carbocycles. The molecule has 2 rings (SSSR count). The molecule has 1 aromatic carbocycles. The number of hydrogen-bond donors (Lipinski definition) is 2. The number of anilines is 2. The van der Waals surface area contributed by atoms with Gasteiger partial charge in [-0.2, -0.15) is 0 Å². The zero-order valence-electron chi connectivity index (χ0n) is 10.0. The first-order valence-electron chi connectivity index (χ1n) is 5.83. The number of rotatable bonds is 2. The molecule has 1 heterocycles. The Morgan fingerprint density at radius 1 is 1.31 bits per heavy atom. The lowest BCUT2D eigenvalue weighted by atomic mass is 10.0. The lowest BCUT2D eigenvalue weighted by Crippen LogP contribution is -2.38. The second-order valence-corrected chi connectivity index (χ2v) is 4.55. The van der Waals surface area contributed by atoms with E-state index in [-0.39, 0.29) is 11.9 Å². The SMILES string of the molecule is CCC1Nc2ccc(C(C)C)cc2NC1=O. The number of hydrogen-bond acceptors (Lipinski definition) is 2. The average molecular weight is 218 g/mol. The topological polar surface area (TPSA) is 41.1 Å². The van der Waals surface area contributed by atoms with Crippen LogP contribution >= 0.6 is 0 Å². The van der Waals surface area contributed by atoms with Crippen LogP contribution in [0, 0.1) is 0 Å². The molecule has 0 saturated heterocycles. The zero-order chi connectivity index (χ0) is 11.7. The molecule has 0 bridgehead atoms. The van der Waals surface area contributed by atoms with E-state index in [1.165, 1.54) is 5.56 Å². The Bertz CT molecular complexity index is 412. The number of fused-ring (bicyclic) bond motifs is 1. The second kappa shape index (κ2) is 4.16. The predicted octanol–water partition coefficient (Wildman–Crippen LogP) is 2.95. The lowest BCUT2D eigenvalue weighted by molar-refractivity contribution is -0.117. The number of carbonyl (C=O) groups is 1. The summed E-state index contributed by atoms with van der Waals surface area (Å²) in [5, 5.41) is 6.21. The molecule has 1 unspecified atom stereocenters. The normalized spacial score (nSPS) is 19.0. The molecule has 1 aromatic rings. The fraction of sp³-hybridized carbons (Fsp3) is 0.462. The Balaban J connectivity index is 2.32. The summed E-state index contributed by atoms with van der Waals surface area (Å²) in [6.07, 6.45) is 0.803. The van der Waals surface area contributed by atoms with Crippen molar-refractivity contribution in [3.8, 4) is 0 Å². The van der Waals surface area contributed by atoms with Gasteiger partial charge in [-0.3, -0.25) is 4.79 Å². The van der Waals surface area contributed by atoms with E-state index < -0.39 is 0 Å². The highest BCUT2D eigenvalue weighted by atomic mass is 16.2. The van der Waals surface area contributed by atoms with Gasteiger partial charge in [-0.05, 0) is 30.0 Å². The second-order valence-electron chi connectivity index (χ2n) is 4.55. The lowest BCUT2D eigenvalue weighted by Gasteiger charge is -2.26. The maximum absolute atomic E-state index is 11.7. The molecule has 0 saturated carbocycles. The summed E-state index contributed by atoms with van der Waals surface area (Å²) in [5.41, 5.74) is 3.17. The van der Waals surface area contributed by atoms with Crippen molar-refractivity contribution in [2.45, 2.75) is 39.2 Å². The summed E-state index contributed by atoms with van der Waals surface area (Å²) in [4.78, 5) is 11.7. The third-order valence-electron chi connectivity index (χ3n) is 3.02. The molecular formula is C13H18N2O. The molecule has 1 aliphatic rings. The Morgan fingerprint density at radius 3 is 2.69 bits per heavy atom. The van der Waals surface area contributed by atoms with Crippen molar-refractivity contribution in [3.63, 3.8) is 0 Å². The van der Waals surface area contributed by atoms with Gasteiger partial charge in [0.25, 0.3) is 0 Å². The van der Waals surface area contributed by atoms with Gasteiger partial charge in [-0.15, -0.1) is 0 Å². The van der Waals surface area contributed by atoms with Gasteiger partial charge in [0.2, 0.25) is 5.91 Å². The molecule has 1 aliphatic heterocycles. The third kappa shape index (κ3) is 1.90. The summed E-state index contributed by atoms with van der Waals surface area (Å²) >= 11 is 0. The Morgan fingerprint density at radius 2 is 2.06 bits per heavy atom. The first kappa shape index (κ1) is 11.0. The van der Waals surface area contributed by atoms with Crippen LogP contribution in [0.1, 0.15) is 38.7 Å². The summed E-state index contributed by atoms with van der Waals surface area (Å²) in [5.74, 6) is 0.544. The molecule has 2 N–H and O–H groups in total. The maximum atomic E-state index is 11.7. The molecular weight excluding hydrogens is 200 g/mol. The van der Waals surface area contributed by atoms with E-state index in [1.807, 2.05) is 13.0 Å².